The summed E-state index contributed by atoms with van der Waals surface area (Å²) in [5.41, 5.74) is 14.0. The summed E-state index contributed by atoms with van der Waals surface area (Å²) in [5, 5.41) is 5.53. The number of hydrogen-bond acceptors (Lipinski definition) is 2. The van der Waals surface area contributed by atoms with Gasteiger partial charge >= 0.3 is 0 Å². The fourth-order valence-corrected chi connectivity index (χ4v) is 14.7. The van der Waals surface area contributed by atoms with E-state index in [9.17, 15) is 0 Å². The van der Waals surface area contributed by atoms with Gasteiger partial charge in [-0.05, 0) is 115 Å². The minimum Gasteiger partial charge on any atom is -0.311 e. The molecule has 63 heavy (non-hydrogen) atoms. The van der Waals surface area contributed by atoms with E-state index in [1.807, 2.05) is 0 Å². The second kappa shape index (κ2) is 16.5. The molecule has 10 aromatic carbocycles. The van der Waals surface area contributed by atoms with Crippen LogP contribution >= 0.6 is 0 Å². The third-order valence-corrected chi connectivity index (χ3v) is 17.4. The minimum atomic E-state index is -2.78. The summed E-state index contributed by atoms with van der Waals surface area (Å²) in [6, 6.07) is 97.7. The summed E-state index contributed by atoms with van der Waals surface area (Å²) in [6.07, 6.45) is 0. The SMILES string of the molecule is c1ccc(-c2ccc(N(c3ccc(-c4ccc5c(c4)N(c4ccccc4)c4ccccc4[Si]5(c4ccccc4)c4ccccc4)cc3)c3cccc(-c4ccccc4)c3)cc2)cc1. The molecule has 0 saturated carbocycles. The molecular formula is C60H44N2Si. The fourth-order valence-electron chi connectivity index (χ4n) is 9.63. The molecule has 0 unspecified atom stereocenters. The van der Waals surface area contributed by atoms with E-state index in [-0.39, 0.29) is 0 Å². The summed E-state index contributed by atoms with van der Waals surface area (Å²) in [6.45, 7) is 0. The molecule has 0 fully saturated rings. The Hall–Kier alpha value is -7.98. The quantitative estimate of drug-likeness (QED) is 0.134. The molecule has 0 saturated heterocycles. The Morgan fingerprint density at radius 3 is 1.27 bits per heavy atom. The summed E-state index contributed by atoms with van der Waals surface area (Å²) >= 11 is 0. The smallest absolute Gasteiger partial charge is 0.184 e. The van der Waals surface area contributed by atoms with Crippen LogP contribution in [0.5, 0.6) is 0 Å². The Morgan fingerprint density at radius 2 is 0.683 bits per heavy atom. The van der Waals surface area contributed by atoms with E-state index in [2.05, 4.69) is 277 Å². The molecule has 2 nitrogen and oxygen atoms in total. The van der Waals surface area contributed by atoms with Crippen molar-refractivity contribution < 1.29 is 0 Å². The van der Waals surface area contributed by atoms with E-state index in [1.165, 1.54) is 59.9 Å². The Bertz CT molecular complexity index is 3100. The van der Waals surface area contributed by atoms with Crippen molar-refractivity contribution >= 4 is 62.9 Å². The first-order valence-electron chi connectivity index (χ1n) is 21.7. The maximum Gasteiger partial charge on any atom is 0.184 e. The molecule has 10 aromatic rings. The lowest BCUT2D eigenvalue weighted by Crippen LogP contribution is -2.77. The molecule has 0 atom stereocenters. The molecule has 1 heterocycles. The maximum atomic E-state index is 2.49. The second-order valence-electron chi connectivity index (χ2n) is 16.1. The molecule has 3 heteroatoms. The molecular weight excluding hydrogens is 777 g/mol. The van der Waals surface area contributed by atoms with Gasteiger partial charge in [-0.2, -0.15) is 0 Å². The van der Waals surface area contributed by atoms with Crippen LogP contribution < -0.4 is 30.5 Å². The molecule has 1 aliphatic rings. The number of fused-ring (bicyclic) bond motifs is 2. The molecule has 0 amide bonds. The molecule has 0 aromatic heterocycles. The van der Waals surface area contributed by atoms with E-state index >= 15 is 0 Å². The van der Waals surface area contributed by atoms with Crippen LogP contribution in [0, 0.1) is 0 Å². The van der Waals surface area contributed by atoms with Crippen LogP contribution in [-0.4, -0.2) is 8.07 Å². The van der Waals surface area contributed by atoms with Crippen LogP contribution in [0.4, 0.5) is 34.1 Å². The Kier molecular flexibility index (Phi) is 9.93. The van der Waals surface area contributed by atoms with Crippen molar-refractivity contribution in [2.45, 2.75) is 0 Å². The first-order chi connectivity index (χ1) is 31.3. The Morgan fingerprint density at radius 1 is 0.270 bits per heavy atom. The summed E-state index contributed by atoms with van der Waals surface area (Å²) < 4.78 is 0. The van der Waals surface area contributed by atoms with Crippen molar-refractivity contribution in [1.82, 2.24) is 0 Å². The number of para-hydroxylation sites is 2. The monoisotopic (exact) mass is 820 g/mol. The fraction of sp³-hybridized carbons (Fsp3) is 0. The Balaban J connectivity index is 1.06. The third kappa shape index (κ3) is 6.86. The van der Waals surface area contributed by atoms with Gasteiger partial charge in [0.25, 0.3) is 0 Å². The molecule has 298 valence electrons. The Labute approximate surface area is 371 Å². The number of hydrogen-bond donors (Lipinski definition) is 0. The van der Waals surface area contributed by atoms with Gasteiger partial charge in [0.1, 0.15) is 0 Å². The van der Waals surface area contributed by atoms with Gasteiger partial charge in [0.05, 0.1) is 0 Å². The van der Waals surface area contributed by atoms with E-state index < -0.39 is 8.07 Å². The highest BCUT2D eigenvalue weighted by Crippen LogP contribution is 2.42. The average molecular weight is 821 g/mol. The van der Waals surface area contributed by atoms with Gasteiger partial charge in [-0.25, -0.2) is 0 Å². The van der Waals surface area contributed by atoms with Crippen molar-refractivity contribution in [3.05, 3.63) is 267 Å². The summed E-state index contributed by atoms with van der Waals surface area (Å²) in [5.74, 6) is 0. The highest BCUT2D eigenvalue weighted by Gasteiger charge is 2.48. The molecule has 0 radical (unpaired) electrons. The zero-order valence-corrected chi connectivity index (χ0v) is 35.8. The largest absolute Gasteiger partial charge is 0.311 e. The summed E-state index contributed by atoms with van der Waals surface area (Å²) in [4.78, 5) is 4.85. The van der Waals surface area contributed by atoms with Crippen LogP contribution in [0.15, 0.2) is 267 Å². The standard InChI is InChI=1S/C60H44N2Si/c1-6-19-45(20-7-1)47-33-38-52(39-34-47)61(54-26-18-23-49(43-54)46-21-8-2-9-22-46)53-40-35-48(36-41-53)50-37-42-60-58(44-50)62(51-24-10-3-11-25-51)57-31-16-17-32-59(57)63(60,55-27-12-4-13-28-55)56-29-14-5-15-30-56/h1-44H. The second-order valence-corrected chi connectivity index (χ2v) is 19.8. The van der Waals surface area contributed by atoms with Crippen molar-refractivity contribution in [3.8, 4) is 33.4 Å². The first-order valence-corrected chi connectivity index (χ1v) is 23.7. The van der Waals surface area contributed by atoms with Gasteiger partial charge in [0.2, 0.25) is 0 Å². The predicted molar refractivity (Wildman–Crippen MR) is 269 cm³/mol. The van der Waals surface area contributed by atoms with Gasteiger partial charge in [0.15, 0.2) is 8.07 Å². The summed E-state index contributed by atoms with van der Waals surface area (Å²) in [7, 11) is -2.78. The average Bonchev–Trinajstić information content (AvgIpc) is 3.37. The lowest BCUT2D eigenvalue weighted by Gasteiger charge is -2.45. The zero-order chi connectivity index (χ0) is 42.0. The van der Waals surface area contributed by atoms with E-state index in [1.54, 1.807) is 0 Å². The van der Waals surface area contributed by atoms with Gasteiger partial charge in [-0.15, -0.1) is 0 Å². The van der Waals surface area contributed by atoms with Crippen LogP contribution in [0.25, 0.3) is 33.4 Å². The van der Waals surface area contributed by atoms with Crippen LogP contribution in [-0.2, 0) is 0 Å². The normalized spacial score (nSPS) is 12.5. The van der Waals surface area contributed by atoms with Crippen LogP contribution in [0.1, 0.15) is 0 Å². The lowest BCUT2D eigenvalue weighted by atomic mass is 10.0. The number of nitrogens with zero attached hydrogens (tertiary/aromatic N) is 2. The number of benzene rings is 10. The topological polar surface area (TPSA) is 6.48 Å². The van der Waals surface area contributed by atoms with Crippen molar-refractivity contribution in [2.75, 3.05) is 9.80 Å². The first kappa shape index (κ1) is 38.0. The minimum absolute atomic E-state index is 1.09. The van der Waals surface area contributed by atoms with Gasteiger partial charge in [-0.3, -0.25) is 0 Å². The lowest BCUT2D eigenvalue weighted by molar-refractivity contribution is 1.28. The van der Waals surface area contributed by atoms with E-state index in [0.717, 1.165) is 28.3 Å². The molecule has 0 bridgehead atoms. The van der Waals surface area contributed by atoms with E-state index in [0.29, 0.717) is 0 Å². The van der Waals surface area contributed by atoms with E-state index in [4.69, 9.17) is 0 Å². The molecule has 1 aliphatic heterocycles. The third-order valence-electron chi connectivity index (χ3n) is 12.5. The van der Waals surface area contributed by atoms with Crippen molar-refractivity contribution in [2.24, 2.45) is 0 Å². The molecule has 11 rings (SSSR count). The highest BCUT2D eigenvalue weighted by molar-refractivity contribution is 7.21. The maximum absolute atomic E-state index is 2.78. The van der Waals surface area contributed by atoms with Crippen molar-refractivity contribution in [1.29, 1.82) is 0 Å². The van der Waals surface area contributed by atoms with Crippen LogP contribution in [0.3, 0.4) is 0 Å². The molecule has 0 N–H and O–H groups in total. The molecule has 0 spiro atoms. The predicted octanol–water partition coefficient (Wildman–Crippen LogP) is 13.3. The van der Waals surface area contributed by atoms with Gasteiger partial charge < -0.3 is 9.80 Å². The number of rotatable bonds is 9. The van der Waals surface area contributed by atoms with Crippen LogP contribution in [0.2, 0.25) is 0 Å². The zero-order valence-electron chi connectivity index (χ0n) is 34.8. The van der Waals surface area contributed by atoms with Gasteiger partial charge in [0, 0.05) is 34.1 Å². The van der Waals surface area contributed by atoms with Crippen molar-refractivity contribution in [3.63, 3.8) is 0 Å². The van der Waals surface area contributed by atoms with Gasteiger partial charge in [-0.1, -0.05) is 206 Å². The molecule has 0 aliphatic carbocycles. The number of anilines is 6. The highest BCUT2D eigenvalue weighted by atomic mass is 28.3.